The highest BCUT2D eigenvalue weighted by molar-refractivity contribution is 4.51. The molecule has 108 valence electrons. The predicted molar refractivity (Wildman–Crippen MR) is 29.1 cm³/mol. The van der Waals surface area contributed by atoms with Gasteiger partial charge < -0.3 is 11.5 Å². The summed E-state index contributed by atoms with van der Waals surface area (Å²) in [6, 6.07) is 0. The second-order valence-electron chi connectivity index (χ2n) is 2.96. The van der Waals surface area contributed by atoms with Crippen molar-refractivity contribution in [3.63, 3.8) is 0 Å². The molecule has 12 heteroatoms. The summed E-state index contributed by atoms with van der Waals surface area (Å²) in [7, 11) is -9.89. The van der Waals surface area contributed by atoms with Crippen LogP contribution in [0, 0.1) is 20.5 Å². The monoisotopic (exact) mass is 302 g/mol. The molecule has 0 aromatic carbocycles. The minimum atomic E-state index is -4.94. The van der Waals surface area contributed by atoms with E-state index in [1.54, 1.807) is 0 Å². The third-order valence-electron chi connectivity index (χ3n) is 1.50. The van der Waals surface area contributed by atoms with Gasteiger partial charge in [-0.1, -0.05) is 13.8 Å². The highest BCUT2D eigenvalue weighted by atomic mass is 35.7. The Bertz CT molecular complexity index is 150. The largest absolute Gasteiger partial charge is 0.306 e. The van der Waals surface area contributed by atoms with Crippen LogP contribution in [0.1, 0.15) is 26.7 Å². The highest BCUT2D eigenvalue weighted by Gasteiger charge is 2.20. The van der Waals surface area contributed by atoms with Crippen LogP contribution < -0.4 is 48.7 Å². The van der Waals surface area contributed by atoms with Gasteiger partial charge in [-0.05, 0) is 0 Å². The third-order valence-corrected chi connectivity index (χ3v) is 1.50. The first-order valence-corrected chi connectivity index (χ1v) is 6.53. The summed E-state index contributed by atoms with van der Waals surface area (Å²) in [6.07, 6.45) is 2.15. The molecule has 0 unspecified atom stereocenters. The second-order valence-corrected chi connectivity index (χ2v) is 4.47. The Balaban J connectivity index is -0.000000177. The van der Waals surface area contributed by atoms with E-state index >= 15 is 0 Å². The topological polar surface area (TPSA) is 240 Å². The van der Waals surface area contributed by atoms with Gasteiger partial charge in [-0.3, -0.25) is 0 Å². The Kier molecular flexibility index (Phi) is 12.0. The van der Waals surface area contributed by atoms with E-state index in [9.17, 15) is 0 Å². The van der Waals surface area contributed by atoms with Crippen molar-refractivity contribution in [2.24, 2.45) is 0 Å². The molecule has 0 fully saturated rings. The van der Waals surface area contributed by atoms with Crippen LogP contribution in [0.3, 0.4) is 0 Å². The molecule has 0 amide bonds. The molecule has 6 N–H and O–H groups in total. The minimum absolute atomic E-state index is 0.0833. The van der Waals surface area contributed by atoms with Crippen molar-refractivity contribution < 1.29 is 69.2 Å². The van der Waals surface area contributed by atoms with Crippen LogP contribution in [0.4, 0.5) is 0 Å². The van der Waals surface area contributed by atoms with E-state index in [1.807, 2.05) is 0 Å². The molecule has 0 atom stereocenters. The Morgan fingerprint density at radius 1 is 0.706 bits per heavy atom. The van der Waals surface area contributed by atoms with Gasteiger partial charge >= 0.3 is 0 Å². The van der Waals surface area contributed by atoms with Crippen molar-refractivity contribution >= 4 is 0 Å². The zero-order valence-electron chi connectivity index (χ0n) is 9.35. The SMILES string of the molecule is CCC([NH3+])([NH3+])CC.[O-][Cl+3]([O-])([O-])[O-].[O-][Cl+3]([O-])([O-])[O-]. The van der Waals surface area contributed by atoms with Crippen molar-refractivity contribution in [2.75, 3.05) is 0 Å². The minimum Gasteiger partial charge on any atom is -0.306 e. The van der Waals surface area contributed by atoms with E-state index in [0.717, 1.165) is 12.8 Å². The van der Waals surface area contributed by atoms with Crippen LogP contribution in [-0.2, 0) is 0 Å². The Labute approximate surface area is 102 Å². The zero-order chi connectivity index (χ0) is 14.9. The fraction of sp³-hybridized carbons (Fsp3) is 1.00. The van der Waals surface area contributed by atoms with E-state index in [0.29, 0.717) is 0 Å². The molecule has 0 aliphatic heterocycles. The molecule has 0 bridgehead atoms. The van der Waals surface area contributed by atoms with Gasteiger partial charge in [0.25, 0.3) is 0 Å². The first-order valence-electron chi connectivity index (χ1n) is 4.06. The molecule has 0 radical (unpaired) electrons. The van der Waals surface area contributed by atoms with E-state index in [4.69, 9.17) is 37.3 Å². The first kappa shape index (κ1) is 22.4. The van der Waals surface area contributed by atoms with E-state index < -0.39 is 20.5 Å². The van der Waals surface area contributed by atoms with E-state index in [1.165, 1.54) is 0 Å². The fourth-order valence-electron chi connectivity index (χ4n) is 0.250. The van der Waals surface area contributed by atoms with Crippen LogP contribution in [0.15, 0.2) is 0 Å². The summed E-state index contributed by atoms with van der Waals surface area (Å²) in [6.45, 7) is 4.23. The van der Waals surface area contributed by atoms with Crippen LogP contribution in [0.2, 0.25) is 0 Å². The van der Waals surface area contributed by atoms with Gasteiger partial charge in [0.15, 0.2) is 0 Å². The maximum absolute atomic E-state index is 8.49. The molecule has 0 saturated heterocycles. The average molecular weight is 303 g/mol. The lowest BCUT2D eigenvalue weighted by atomic mass is 10.1. The lowest BCUT2D eigenvalue weighted by Crippen LogP contribution is -2.94. The maximum atomic E-state index is 8.49. The van der Waals surface area contributed by atoms with Crippen LogP contribution in [0.25, 0.3) is 0 Å². The molecule has 10 nitrogen and oxygen atoms in total. The second kappa shape index (κ2) is 9.16. The molecule has 0 spiro atoms. The summed E-state index contributed by atoms with van der Waals surface area (Å²) >= 11 is 0. The van der Waals surface area contributed by atoms with Gasteiger partial charge in [-0.2, -0.15) is 0 Å². The third kappa shape index (κ3) is 85.2. The van der Waals surface area contributed by atoms with E-state index in [2.05, 4.69) is 25.3 Å². The summed E-state index contributed by atoms with van der Waals surface area (Å²) in [5.41, 5.74) is 7.88. The quantitative estimate of drug-likeness (QED) is 0.462. The number of hydrogen-bond acceptors (Lipinski definition) is 8. The van der Waals surface area contributed by atoms with Gasteiger partial charge in [0, 0.05) is 0 Å². The van der Waals surface area contributed by atoms with Gasteiger partial charge in [-0.15, -0.1) is 20.5 Å². The highest BCUT2D eigenvalue weighted by Crippen LogP contribution is 1.94. The molecule has 0 aliphatic rings. The standard InChI is InChI=1S/C5H14N2.2ClHO4/c1-3-5(6,7)4-2;2*2-1(3,4)5/h3-4,6-7H2,1-2H3;2*(H,2,3,4,5). The number of quaternary nitrogens is 2. The molecule has 0 aliphatic carbocycles. The Hall–Kier alpha value is 0.180. The lowest BCUT2D eigenvalue weighted by Gasteiger charge is -2.17. The van der Waals surface area contributed by atoms with Gasteiger partial charge in [0.2, 0.25) is 5.66 Å². The first-order chi connectivity index (χ1) is 7.12. The van der Waals surface area contributed by atoms with Crippen LogP contribution in [-0.4, -0.2) is 5.66 Å². The molecule has 0 heterocycles. The molecule has 0 rings (SSSR count). The average Bonchev–Trinajstić information content (AvgIpc) is 1.98. The molecular weight excluding hydrogens is 287 g/mol. The van der Waals surface area contributed by atoms with Crippen molar-refractivity contribution in [3.8, 4) is 0 Å². The molecule has 17 heavy (non-hydrogen) atoms. The predicted octanol–water partition coefficient (Wildman–Crippen LogP) is -10.5. The summed E-state index contributed by atoms with van der Waals surface area (Å²) in [5, 5.41) is 0. The smallest absolute Gasteiger partial charge is 0.215 e. The Morgan fingerprint density at radius 3 is 0.824 bits per heavy atom. The number of hydrogen-bond donors (Lipinski definition) is 2. The maximum Gasteiger partial charge on any atom is 0.215 e. The van der Waals surface area contributed by atoms with Gasteiger partial charge in [0.05, 0.1) is 12.8 Å². The molecule has 0 saturated carbocycles. The van der Waals surface area contributed by atoms with Crippen LogP contribution >= 0.6 is 0 Å². The fourth-order valence-corrected chi connectivity index (χ4v) is 0.250. The normalized spacial score (nSPS) is 12.0. The van der Waals surface area contributed by atoms with E-state index in [-0.39, 0.29) is 5.66 Å². The lowest BCUT2D eigenvalue weighted by molar-refractivity contribution is -2.00. The summed E-state index contributed by atoms with van der Waals surface area (Å²) < 4.78 is 67.9. The van der Waals surface area contributed by atoms with Crippen molar-refractivity contribution in [2.45, 2.75) is 32.4 Å². The number of halogens is 2. The van der Waals surface area contributed by atoms with Crippen LogP contribution in [0.5, 0.6) is 0 Å². The summed E-state index contributed by atoms with van der Waals surface area (Å²) in [5.74, 6) is 0. The molecular formula is C5H16Cl2N2O8. The van der Waals surface area contributed by atoms with Crippen molar-refractivity contribution in [1.29, 1.82) is 0 Å². The van der Waals surface area contributed by atoms with Crippen molar-refractivity contribution in [3.05, 3.63) is 0 Å². The zero-order valence-corrected chi connectivity index (χ0v) is 10.9. The molecule has 0 aromatic rings. The molecule has 0 aromatic heterocycles. The van der Waals surface area contributed by atoms with Crippen molar-refractivity contribution in [1.82, 2.24) is 0 Å². The Morgan fingerprint density at radius 2 is 0.824 bits per heavy atom. The summed E-state index contributed by atoms with van der Waals surface area (Å²) in [4.78, 5) is 0. The number of rotatable bonds is 2. The van der Waals surface area contributed by atoms with Gasteiger partial charge in [-0.25, -0.2) is 37.3 Å². The van der Waals surface area contributed by atoms with Gasteiger partial charge in [0.1, 0.15) is 0 Å².